The number of carbonyl (C=O) groups is 1. The SMILES string of the molecule is Cc1ccccc1NS(=O)(=O)c1ccc(C(=O)N[C@H]2CCCC[C@H]2C)cc1. The number of para-hydroxylation sites is 1. The van der Waals surface area contributed by atoms with Gasteiger partial charge in [0, 0.05) is 11.6 Å². The summed E-state index contributed by atoms with van der Waals surface area (Å²) >= 11 is 0. The average molecular weight is 387 g/mol. The maximum Gasteiger partial charge on any atom is 0.261 e. The van der Waals surface area contributed by atoms with Crippen molar-refractivity contribution in [2.24, 2.45) is 5.92 Å². The van der Waals surface area contributed by atoms with E-state index in [1.807, 2.05) is 19.1 Å². The molecule has 0 bridgehead atoms. The van der Waals surface area contributed by atoms with Gasteiger partial charge in [0.25, 0.3) is 15.9 Å². The van der Waals surface area contributed by atoms with Crippen LogP contribution in [0.25, 0.3) is 0 Å². The summed E-state index contributed by atoms with van der Waals surface area (Å²) in [7, 11) is -3.70. The lowest BCUT2D eigenvalue weighted by atomic mass is 9.86. The molecule has 2 atom stereocenters. The molecule has 0 heterocycles. The monoisotopic (exact) mass is 386 g/mol. The van der Waals surface area contributed by atoms with E-state index in [1.165, 1.54) is 18.6 Å². The molecular formula is C21H26N2O3S. The normalized spacial score (nSPS) is 20.1. The van der Waals surface area contributed by atoms with Gasteiger partial charge in [0.1, 0.15) is 0 Å². The second kappa shape index (κ2) is 8.13. The fraction of sp³-hybridized carbons (Fsp3) is 0.381. The van der Waals surface area contributed by atoms with Gasteiger partial charge in [-0.2, -0.15) is 0 Å². The largest absolute Gasteiger partial charge is 0.349 e. The van der Waals surface area contributed by atoms with Gasteiger partial charge >= 0.3 is 0 Å². The fourth-order valence-corrected chi connectivity index (χ4v) is 4.59. The number of sulfonamides is 1. The summed E-state index contributed by atoms with van der Waals surface area (Å²) in [6.07, 6.45) is 4.48. The second-order valence-corrected chi connectivity index (χ2v) is 8.97. The van der Waals surface area contributed by atoms with Gasteiger partial charge < -0.3 is 5.32 Å². The molecule has 144 valence electrons. The van der Waals surface area contributed by atoms with Crippen molar-refractivity contribution in [3.8, 4) is 0 Å². The summed E-state index contributed by atoms with van der Waals surface area (Å²) in [5.74, 6) is 0.324. The van der Waals surface area contributed by atoms with Crippen molar-refractivity contribution in [2.75, 3.05) is 4.72 Å². The standard InChI is InChI=1S/C21H26N2O3S/c1-15-7-3-5-9-19(15)22-21(24)17-11-13-18(14-12-17)27(25,26)23-20-10-6-4-8-16(20)2/h4,6,8,10-15,19,23H,3,5,7,9H2,1-2H3,(H,22,24)/t15-,19+/m1/s1. The van der Waals surface area contributed by atoms with Crippen LogP contribution < -0.4 is 10.0 Å². The number of rotatable bonds is 5. The van der Waals surface area contributed by atoms with Gasteiger partial charge in [0.05, 0.1) is 10.6 Å². The predicted molar refractivity (Wildman–Crippen MR) is 107 cm³/mol. The number of benzene rings is 2. The van der Waals surface area contributed by atoms with Crippen LogP contribution in [0, 0.1) is 12.8 Å². The number of carbonyl (C=O) groups excluding carboxylic acids is 1. The van der Waals surface area contributed by atoms with Crippen molar-refractivity contribution in [3.05, 3.63) is 59.7 Å². The molecule has 1 saturated carbocycles. The van der Waals surface area contributed by atoms with Crippen LogP contribution in [-0.4, -0.2) is 20.4 Å². The third kappa shape index (κ3) is 4.69. The fourth-order valence-electron chi connectivity index (χ4n) is 3.46. The van der Waals surface area contributed by atoms with E-state index in [2.05, 4.69) is 17.0 Å². The zero-order valence-corrected chi connectivity index (χ0v) is 16.6. The van der Waals surface area contributed by atoms with Gasteiger partial charge in [-0.1, -0.05) is 38.0 Å². The molecule has 2 N–H and O–H groups in total. The first-order valence-electron chi connectivity index (χ1n) is 9.36. The Morgan fingerprint density at radius 1 is 1.00 bits per heavy atom. The molecule has 0 aliphatic heterocycles. The smallest absolute Gasteiger partial charge is 0.261 e. The Hall–Kier alpha value is -2.34. The van der Waals surface area contributed by atoms with E-state index in [4.69, 9.17) is 0 Å². The third-order valence-corrected chi connectivity index (χ3v) is 6.63. The summed E-state index contributed by atoms with van der Waals surface area (Å²) in [5.41, 5.74) is 1.87. The van der Waals surface area contributed by atoms with Crippen molar-refractivity contribution in [1.29, 1.82) is 0 Å². The Morgan fingerprint density at radius 3 is 2.33 bits per heavy atom. The predicted octanol–water partition coefficient (Wildman–Crippen LogP) is 4.10. The lowest BCUT2D eigenvalue weighted by molar-refractivity contribution is 0.0910. The van der Waals surface area contributed by atoms with E-state index >= 15 is 0 Å². The zero-order valence-electron chi connectivity index (χ0n) is 15.7. The minimum absolute atomic E-state index is 0.133. The number of anilines is 1. The van der Waals surface area contributed by atoms with Crippen LogP contribution in [0.5, 0.6) is 0 Å². The molecule has 0 unspecified atom stereocenters. The van der Waals surface area contributed by atoms with E-state index in [0.29, 0.717) is 17.2 Å². The van der Waals surface area contributed by atoms with Crippen molar-refractivity contribution in [1.82, 2.24) is 5.32 Å². The summed E-state index contributed by atoms with van der Waals surface area (Å²) in [6.45, 7) is 4.01. The molecule has 0 aromatic heterocycles. The highest BCUT2D eigenvalue weighted by Crippen LogP contribution is 2.24. The van der Waals surface area contributed by atoms with Gasteiger partial charge in [-0.3, -0.25) is 9.52 Å². The molecule has 27 heavy (non-hydrogen) atoms. The van der Waals surface area contributed by atoms with Crippen LogP contribution >= 0.6 is 0 Å². The molecule has 1 amide bonds. The van der Waals surface area contributed by atoms with E-state index in [0.717, 1.165) is 24.8 Å². The molecule has 1 fully saturated rings. The number of amides is 1. The molecule has 1 aliphatic carbocycles. The molecule has 2 aromatic carbocycles. The summed E-state index contributed by atoms with van der Waals surface area (Å²) in [6, 6.07) is 13.5. The van der Waals surface area contributed by atoms with E-state index in [1.54, 1.807) is 24.3 Å². The topological polar surface area (TPSA) is 75.3 Å². The molecule has 1 aliphatic rings. The van der Waals surface area contributed by atoms with Crippen molar-refractivity contribution in [2.45, 2.75) is 50.5 Å². The van der Waals surface area contributed by atoms with Crippen LogP contribution in [0.3, 0.4) is 0 Å². The minimum atomic E-state index is -3.70. The number of hydrogen-bond donors (Lipinski definition) is 2. The van der Waals surface area contributed by atoms with Crippen LogP contribution in [0.1, 0.15) is 48.5 Å². The maximum atomic E-state index is 12.6. The highest BCUT2D eigenvalue weighted by atomic mass is 32.2. The van der Waals surface area contributed by atoms with Crippen LogP contribution in [0.2, 0.25) is 0 Å². The maximum absolute atomic E-state index is 12.6. The lowest BCUT2D eigenvalue weighted by Gasteiger charge is -2.29. The molecule has 0 saturated heterocycles. The molecule has 0 radical (unpaired) electrons. The molecule has 0 spiro atoms. The lowest BCUT2D eigenvalue weighted by Crippen LogP contribution is -2.41. The zero-order chi connectivity index (χ0) is 19.4. The van der Waals surface area contributed by atoms with Crippen molar-refractivity contribution >= 4 is 21.6 Å². The second-order valence-electron chi connectivity index (χ2n) is 7.29. The Labute approximate surface area is 161 Å². The Morgan fingerprint density at radius 2 is 1.67 bits per heavy atom. The summed E-state index contributed by atoms with van der Waals surface area (Å²) in [5, 5.41) is 3.09. The Bertz CT molecular complexity index is 907. The van der Waals surface area contributed by atoms with Gasteiger partial charge in [0.15, 0.2) is 0 Å². The van der Waals surface area contributed by atoms with Crippen LogP contribution in [-0.2, 0) is 10.0 Å². The molecule has 6 heteroatoms. The number of hydrogen-bond acceptors (Lipinski definition) is 3. The molecule has 3 rings (SSSR count). The van der Waals surface area contributed by atoms with Gasteiger partial charge in [-0.25, -0.2) is 8.42 Å². The third-order valence-electron chi connectivity index (χ3n) is 5.24. The highest BCUT2D eigenvalue weighted by Gasteiger charge is 2.23. The number of nitrogens with one attached hydrogen (secondary N) is 2. The summed E-state index contributed by atoms with van der Waals surface area (Å²) < 4.78 is 27.8. The van der Waals surface area contributed by atoms with Crippen LogP contribution in [0.15, 0.2) is 53.4 Å². The first-order valence-corrected chi connectivity index (χ1v) is 10.8. The quantitative estimate of drug-likeness (QED) is 0.812. The Kier molecular flexibility index (Phi) is 5.85. The van der Waals surface area contributed by atoms with Gasteiger partial charge in [-0.15, -0.1) is 0 Å². The van der Waals surface area contributed by atoms with Crippen molar-refractivity contribution in [3.63, 3.8) is 0 Å². The highest BCUT2D eigenvalue weighted by molar-refractivity contribution is 7.92. The van der Waals surface area contributed by atoms with Crippen molar-refractivity contribution < 1.29 is 13.2 Å². The first-order chi connectivity index (χ1) is 12.9. The van der Waals surface area contributed by atoms with Gasteiger partial charge in [-0.05, 0) is 61.6 Å². The van der Waals surface area contributed by atoms with E-state index < -0.39 is 10.0 Å². The molecule has 5 nitrogen and oxygen atoms in total. The minimum Gasteiger partial charge on any atom is -0.349 e. The molecular weight excluding hydrogens is 360 g/mol. The Balaban J connectivity index is 1.70. The summed E-state index contributed by atoms with van der Waals surface area (Å²) in [4.78, 5) is 12.6. The number of aryl methyl sites for hydroxylation is 1. The van der Waals surface area contributed by atoms with Gasteiger partial charge in [0.2, 0.25) is 0 Å². The average Bonchev–Trinajstić information content (AvgIpc) is 2.65. The van der Waals surface area contributed by atoms with E-state index in [9.17, 15) is 13.2 Å². The molecule has 2 aromatic rings. The first kappa shape index (κ1) is 19.4. The van der Waals surface area contributed by atoms with E-state index in [-0.39, 0.29) is 16.8 Å². The van der Waals surface area contributed by atoms with Crippen LogP contribution in [0.4, 0.5) is 5.69 Å².